The number of aliphatic hydroxyl groups is 3. The number of aliphatic hydroxyl groups excluding tert-OH is 2. The van der Waals surface area contributed by atoms with Crippen molar-refractivity contribution in [2.45, 2.75) is 118 Å². The Balaban J connectivity index is 2.55. The Morgan fingerprint density at radius 1 is 1.08 bits per heavy atom. The number of rotatable bonds is 10. The summed E-state index contributed by atoms with van der Waals surface area (Å²) in [4.78, 5) is 37.4. The number of ether oxygens (including phenoxy) is 5. The van der Waals surface area contributed by atoms with Gasteiger partial charge in [0, 0.05) is 49.4 Å². The van der Waals surface area contributed by atoms with Crippen LogP contribution in [0.4, 0.5) is 0 Å². The molecule has 0 saturated carbocycles. The minimum absolute atomic E-state index is 0.0408. The normalized spacial score (nSPS) is 37.1. The fourth-order valence-electron chi connectivity index (χ4n) is 7.01. The number of cyclic esters (lactones) is 1. The fourth-order valence-corrected chi connectivity index (χ4v) is 7.01. The van der Waals surface area contributed by atoms with Gasteiger partial charge in [-0.3, -0.25) is 4.79 Å². The Morgan fingerprint density at radius 2 is 1.73 bits per heavy atom. The first kappa shape index (κ1) is 43.9. The van der Waals surface area contributed by atoms with Gasteiger partial charge in [0.25, 0.3) is 0 Å². The second-order valence-corrected chi connectivity index (χ2v) is 14.7. The van der Waals surface area contributed by atoms with E-state index in [0.29, 0.717) is 12.0 Å². The summed E-state index contributed by atoms with van der Waals surface area (Å²) in [6.45, 7) is 16.6. The van der Waals surface area contributed by atoms with Gasteiger partial charge in [0.1, 0.15) is 18.3 Å². The van der Waals surface area contributed by atoms with Crippen LogP contribution in [0.5, 0.6) is 0 Å². The first-order valence-electron chi connectivity index (χ1n) is 17.7. The zero-order valence-corrected chi connectivity index (χ0v) is 32.1. The zero-order chi connectivity index (χ0) is 38.8. The summed E-state index contributed by atoms with van der Waals surface area (Å²) >= 11 is 0. The van der Waals surface area contributed by atoms with Crippen LogP contribution in [0.25, 0.3) is 0 Å². The van der Waals surface area contributed by atoms with Crippen LogP contribution in [0, 0.1) is 35.5 Å². The van der Waals surface area contributed by atoms with E-state index in [0.717, 1.165) is 17.7 Å². The molecular weight excluding hydrogens is 658 g/mol. The summed E-state index contributed by atoms with van der Waals surface area (Å²) in [5.41, 5.74) is 6.84. The smallest absolute Gasteiger partial charge is 0.373 e. The van der Waals surface area contributed by atoms with Crippen LogP contribution in [0.3, 0.4) is 0 Å². The minimum atomic E-state index is -1.97. The van der Waals surface area contributed by atoms with Gasteiger partial charge in [-0.05, 0) is 38.2 Å². The molecule has 12 heteroatoms. The third-order valence-electron chi connectivity index (χ3n) is 10.1. The van der Waals surface area contributed by atoms with E-state index in [1.54, 1.807) is 32.9 Å². The lowest BCUT2D eigenvalue weighted by molar-refractivity contribution is -0.329. The van der Waals surface area contributed by atoms with Crippen molar-refractivity contribution >= 4 is 17.8 Å². The Labute approximate surface area is 303 Å². The van der Waals surface area contributed by atoms with Crippen LogP contribution in [0.2, 0.25) is 0 Å². The highest BCUT2D eigenvalue weighted by Crippen LogP contribution is 2.42. The number of methoxy groups -OCH3 is 2. The lowest BCUT2D eigenvalue weighted by Crippen LogP contribution is -2.59. The largest absolute Gasteiger partial charge is 0.490 e. The Bertz CT molecular complexity index is 1350. The van der Waals surface area contributed by atoms with E-state index < -0.39 is 72.1 Å². The first-order valence-corrected chi connectivity index (χ1v) is 17.7. The lowest BCUT2D eigenvalue weighted by atomic mass is 9.76. The summed E-state index contributed by atoms with van der Waals surface area (Å²) in [7, 11) is 2.82. The summed E-state index contributed by atoms with van der Waals surface area (Å²) in [5, 5.41) is 34.9. The molecule has 2 heterocycles. The van der Waals surface area contributed by atoms with Gasteiger partial charge in [0.15, 0.2) is 5.79 Å². The number of allylic oxidation sites excluding steroid dienone is 5. The molecule has 2 aliphatic rings. The molecule has 1 saturated heterocycles. The van der Waals surface area contributed by atoms with Crippen molar-refractivity contribution in [3.8, 4) is 0 Å². The van der Waals surface area contributed by atoms with E-state index in [2.05, 4.69) is 0 Å². The van der Waals surface area contributed by atoms with Crippen molar-refractivity contribution in [2.24, 2.45) is 41.2 Å². The molecule has 5 N–H and O–H groups in total. The lowest BCUT2D eigenvalue weighted by Gasteiger charge is -2.50. The maximum Gasteiger partial charge on any atom is 0.373 e. The van der Waals surface area contributed by atoms with Gasteiger partial charge < -0.3 is 44.7 Å². The third kappa shape index (κ3) is 12.1. The van der Waals surface area contributed by atoms with E-state index in [-0.39, 0.29) is 35.9 Å². The Kier molecular flexibility index (Phi) is 16.8. The average molecular weight is 720 g/mol. The Hall–Kier alpha value is -3.29. The number of carbonyl (C=O) groups is 3. The highest BCUT2D eigenvalue weighted by molar-refractivity contribution is 5.93. The molecule has 51 heavy (non-hydrogen) atoms. The predicted molar refractivity (Wildman–Crippen MR) is 192 cm³/mol. The van der Waals surface area contributed by atoms with E-state index in [1.165, 1.54) is 20.3 Å². The molecule has 12 atom stereocenters. The average Bonchev–Trinajstić information content (AvgIpc) is 3.06. The topological polar surface area (TPSA) is 184 Å². The van der Waals surface area contributed by atoms with Crippen molar-refractivity contribution in [3.63, 3.8) is 0 Å². The van der Waals surface area contributed by atoms with Gasteiger partial charge in [-0.15, -0.1) is 0 Å². The van der Waals surface area contributed by atoms with Crippen molar-refractivity contribution in [1.29, 1.82) is 0 Å². The monoisotopic (exact) mass is 719 g/mol. The second-order valence-electron chi connectivity index (χ2n) is 14.7. The molecule has 1 fully saturated rings. The molecular formula is C39H61NO11. The molecule has 0 spiro atoms. The molecule has 0 aromatic rings. The molecule has 288 valence electrons. The number of hydrogen-bond donors (Lipinski definition) is 4. The molecule has 1 amide bonds. The SMILES string of the molecule is CO/C1=C/C(C)=C/C(C)C(O)C(C)C/C(C)=C/C=C\C(OC)C(C(C)C(O)C(C)C2(O)CC(OC(=O)/C=C/C(N)=O)C(C)C(C(C)C)O2)OC1=O. The van der Waals surface area contributed by atoms with Gasteiger partial charge in [0.05, 0.1) is 25.4 Å². The second kappa shape index (κ2) is 19.5. The van der Waals surface area contributed by atoms with Crippen molar-refractivity contribution < 1.29 is 53.4 Å². The van der Waals surface area contributed by atoms with E-state index in [4.69, 9.17) is 29.4 Å². The summed E-state index contributed by atoms with van der Waals surface area (Å²) in [6.07, 6.45) is 5.90. The maximum atomic E-state index is 13.6. The van der Waals surface area contributed by atoms with E-state index in [1.807, 2.05) is 53.7 Å². The van der Waals surface area contributed by atoms with Crippen LogP contribution >= 0.6 is 0 Å². The molecule has 0 bridgehead atoms. The summed E-state index contributed by atoms with van der Waals surface area (Å²) in [5.74, 6) is -6.96. The number of primary amides is 1. The molecule has 0 aliphatic carbocycles. The van der Waals surface area contributed by atoms with Gasteiger partial charge in [-0.1, -0.05) is 83.9 Å². The molecule has 2 aliphatic heterocycles. The van der Waals surface area contributed by atoms with Gasteiger partial charge in [0.2, 0.25) is 11.7 Å². The number of nitrogens with two attached hydrogens (primary N) is 1. The Morgan fingerprint density at radius 3 is 2.29 bits per heavy atom. The molecule has 0 radical (unpaired) electrons. The van der Waals surface area contributed by atoms with E-state index >= 15 is 0 Å². The predicted octanol–water partition coefficient (Wildman–Crippen LogP) is 4.29. The van der Waals surface area contributed by atoms with Gasteiger partial charge in [-0.2, -0.15) is 0 Å². The highest BCUT2D eigenvalue weighted by atomic mass is 16.6. The number of carbonyl (C=O) groups excluding carboxylic acids is 3. The van der Waals surface area contributed by atoms with Gasteiger partial charge >= 0.3 is 11.9 Å². The van der Waals surface area contributed by atoms with Crippen LogP contribution in [0.15, 0.2) is 59.4 Å². The van der Waals surface area contributed by atoms with Crippen molar-refractivity contribution in [1.82, 2.24) is 0 Å². The van der Waals surface area contributed by atoms with Gasteiger partial charge in [-0.25, -0.2) is 9.59 Å². The molecule has 0 aromatic carbocycles. The van der Waals surface area contributed by atoms with Crippen LogP contribution in [-0.2, 0) is 38.1 Å². The third-order valence-corrected chi connectivity index (χ3v) is 10.1. The van der Waals surface area contributed by atoms with Crippen LogP contribution < -0.4 is 5.73 Å². The number of esters is 2. The first-order chi connectivity index (χ1) is 23.8. The fraction of sp³-hybridized carbons (Fsp3) is 0.667. The molecule has 0 aromatic heterocycles. The van der Waals surface area contributed by atoms with Crippen molar-refractivity contribution in [2.75, 3.05) is 14.2 Å². The highest BCUT2D eigenvalue weighted by Gasteiger charge is 2.53. The summed E-state index contributed by atoms with van der Waals surface area (Å²) < 4.78 is 29.2. The van der Waals surface area contributed by atoms with Crippen LogP contribution in [0.1, 0.15) is 75.2 Å². The number of amides is 1. The number of hydrogen-bond acceptors (Lipinski definition) is 11. The molecule has 12 nitrogen and oxygen atoms in total. The minimum Gasteiger partial charge on any atom is -0.490 e. The van der Waals surface area contributed by atoms with Crippen molar-refractivity contribution in [3.05, 3.63) is 59.4 Å². The molecule has 12 unspecified atom stereocenters. The zero-order valence-electron chi connectivity index (χ0n) is 32.1. The quantitative estimate of drug-likeness (QED) is 0.187. The van der Waals surface area contributed by atoms with Crippen LogP contribution in [-0.4, -0.2) is 89.8 Å². The summed E-state index contributed by atoms with van der Waals surface area (Å²) in [6, 6.07) is 0. The standard InChI is InChI=1S/C39H61NO11/c1-21(2)36-26(7)31(49-33(42)16-15-32(40)41)20-39(46,51-36)28(9)35(44)27(8)37-29(47-10)14-12-13-22(3)17-24(5)34(43)25(6)18-23(4)19-30(48-11)38(45)50-37/h12-16,18-19,21,24-29,31,34-37,43-44,46H,17,20H2,1-11H3,(H2,40,41)/b14-12-,16-15+,22-13+,23-18+,30-19+. The molecule has 2 rings (SSSR count). The van der Waals surface area contributed by atoms with E-state index in [9.17, 15) is 29.7 Å². The maximum absolute atomic E-state index is 13.6.